The second-order valence-electron chi connectivity index (χ2n) is 8.43. The number of aromatic amines is 1. The van der Waals surface area contributed by atoms with Crippen molar-refractivity contribution in [2.24, 2.45) is 0 Å². The number of hydrogen-bond acceptors (Lipinski definition) is 2. The lowest BCUT2D eigenvalue weighted by Gasteiger charge is -2.33. The number of H-pyrrole nitrogens is 1. The van der Waals surface area contributed by atoms with Crippen molar-refractivity contribution in [3.63, 3.8) is 0 Å². The van der Waals surface area contributed by atoms with Crippen molar-refractivity contribution >= 4 is 51.3 Å². The van der Waals surface area contributed by atoms with E-state index >= 15 is 0 Å². The first-order valence-corrected chi connectivity index (χ1v) is 14.4. The van der Waals surface area contributed by atoms with E-state index in [9.17, 15) is 4.79 Å². The summed E-state index contributed by atoms with van der Waals surface area (Å²) in [5, 5.41) is 3.26. The molecular weight excluding hydrogens is 502 g/mol. The minimum Gasteiger partial charge on any atom is -0.394 e. The average molecular weight is 527 g/mol. The number of benzene rings is 4. The zero-order valence-corrected chi connectivity index (χ0v) is 21.3. The first-order valence-electron chi connectivity index (χ1n) is 11.2. The van der Waals surface area contributed by atoms with Crippen LogP contribution in [0.25, 0.3) is 10.9 Å². The van der Waals surface area contributed by atoms with Crippen LogP contribution in [0.3, 0.4) is 0 Å². The molecule has 5 rings (SSSR count). The van der Waals surface area contributed by atoms with E-state index in [0.29, 0.717) is 5.56 Å². The molecule has 1 atom stereocenters. The third-order valence-corrected chi connectivity index (χ3v) is 10.3. The van der Waals surface area contributed by atoms with Gasteiger partial charge in [0.05, 0.1) is 5.52 Å². The molecule has 0 unspecified atom stereocenters. The van der Waals surface area contributed by atoms with Gasteiger partial charge in [-0.3, -0.25) is 4.79 Å². The van der Waals surface area contributed by atoms with Crippen LogP contribution in [-0.4, -0.2) is 19.1 Å². The lowest BCUT2D eigenvalue weighted by Crippen LogP contribution is -2.59. The molecule has 0 fully saturated rings. The predicted molar refractivity (Wildman–Crippen MR) is 144 cm³/mol. The Morgan fingerprint density at radius 1 is 0.824 bits per heavy atom. The van der Waals surface area contributed by atoms with Crippen LogP contribution >= 0.6 is 15.9 Å². The number of aromatic nitrogens is 1. The quantitative estimate of drug-likeness (QED) is 0.201. The van der Waals surface area contributed by atoms with E-state index in [1.807, 2.05) is 91.1 Å². The molecule has 0 saturated carbocycles. The van der Waals surface area contributed by atoms with E-state index in [-0.39, 0.29) is 5.78 Å². The highest BCUT2D eigenvalue weighted by molar-refractivity contribution is 9.10. The zero-order valence-electron chi connectivity index (χ0n) is 18.7. The number of carbonyl (C=O) groups excluding carboxylic acids is 1. The fourth-order valence-corrected chi connectivity index (χ4v) is 7.89. The predicted octanol–water partition coefficient (Wildman–Crippen LogP) is 6.26. The van der Waals surface area contributed by atoms with Crippen LogP contribution in [0.2, 0.25) is 6.55 Å². The van der Waals surface area contributed by atoms with Gasteiger partial charge in [0.2, 0.25) is 0 Å². The number of nitrogens with one attached hydrogen (secondary N) is 1. The number of fused-ring (bicyclic) bond motifs is 1. The van der Waals surface area contributed by atoms with Gasteiger partial charge in [-0.2, -0.15) is 0 Å². The largest absolute Gasteiger partial charge is 0.394 e. The topological polar surface area (TPSA) is 42.1 Å². The number of Topliss-reactive ketones (excluding diaryl/α,β-unsaturated/α-hetero) is 1. The molecule has 0 radical (unpaired) electrons. The van der Waals surface area contributed by atoms with E-state index in [1.165, 1.54) is 0 Å². The SMILES string of the molecule is C[Si](O[C@H](C(=O)c1ccccc1)c1cc(Br)cc2cc[nH]c12)(c1ccccc1)c1ccccc1. The smallest absolute Gasteiger partial charge is 0.254 e. The van der Waals surface area contributed by atoms with Crippen LogP contribution in [0.15, 0.2) is 120 Å². The highest BCUT2D eigenvalue weighted by Gasteiger charge is 2.40. The third-order valence-electron chi connectivity index (χ3n) is 6.24. The Morgan fingerprint density at radius 2 is 1.38 bits per heavy atom. The van der Waals surface area contributed by atoms with E-state index in [0.717, 1.165) is 31.3 Å². The zero-order chi connectivity index (χ0) is 23.5. The summed E-state index contributed by atoms with van der Waals surface area (Å²) in [6.07, 6.45) is 1.12. The molecule has 168 valence electrons. The van der Waals surface area contributed by atoms with Gasteiger partial charge < -0.3 is 9.41 Å². The van der Waals surface area contributed by atoms with E-state index < -0.39 is 14.4 Å². The molecular formula is C29H24BrNO2Si. The molecule has 0 saturated heterocycles. The summed E-state index contributed by atoms with van der Waals surface area (Å²) in [6, 6.07) is 36.0. The highest BCUT2D eigenvalue weighted by Crippen LogP contribution is 2.34. The standard InChI is InChI=1S/C29H24BrNO2Si/c1-34(24-13-7-3-8-14-24,25-15-9-4-10-16-25)33-29(28(32)21-11-5-2-6-12-21)26-20-23(30)19-22-17-18-31-27(22)26/h2-20,29,31H,1H3/t29-/m0/s1. The Balaban J connectivity index is 1.71. The fourth-order valence-electron chi connectivity index (χ4n) is 4.43. The molecule has 1 heterocycles. The number of ketones is 1. The summed E-state index contributed by atoms with van der Waals surface area (Å²) in [5.74, 6) is -0.0554. The van der Waals surface area contributed by atoms with E-state index in [4.69, 9.17) is 4.43 Å². The molecule has 4 aromatic carbocycles. The molecule has 5 aromatic rings. The van der Waals surface area contributed by atoms with Crippen LogP contribution in [0.4, 0.5) is 0 Å². The van der Waals surface area contributed by atoms with E-state index in [1.54, 1.807) is 0 Å². The van der Waals surface area contributed by atoms with E-state index in [2.05, 4.69) is 51.7 Å². The van der Waals surface area contributed by atoms with Crippen molar-refractivity contribution in [2.75, 3.05) is 0 Å². The lowest BCUT2D eigenvalue weighted by atomic mass is 9.98. The highest BCUT2D eigenvalue weighted by atomic mass is 79.9. The summed E-state index contributed by atoms with van der Waals surface area (Å²) in [6.45, 7) is 2.17. The molecule has 1 N–H and O–H groups in total. The van der Waals surface area contributed by atoms with Gasteiger partial charge in [-0.1, -0.05) is 107 Å². The van der Waals surface area contributed by atoms with Crippen molar-refractivity contribution < 1.29 is 9.22 Å². The minimum absolute atomic E-state index is 0.0554. The third kappa shape index (κ3) is 4.30. The van der Waals surface area contributed by atoms with Crippen molar-refractivity contribution in [3.8, 4) is 0 Å². The van der Waals surface area contributed by atoms with Gasteiger partial charge in [-0.25, -0.2) is 0 Å². The van der Waals surface area contributed by atoms with Crippen LogP contribution in [-0.2, 0) is 4.43 Å². The van der Waals surface area contributed by atoms with Gasteiger partial charge in [-0.05, 0) is 35.1 Å². The molecule has 0 spiro atoms. The molecule has 1 aromatic heterocycles. The molecule has 0 aliphatic carbocycles. The van der Waals surface area contributed by atoms with Crippen LogP contribution in [0.5, 0.6) is 0 Å². The van der Waals surface area contributed by atoms with Crippen LogP contribution in [0.1, 0.15) is 22.0 Å². The van der Waals surface area contributed by atoms with Crippen LogP contribution in [0, 0.1) is 0 Å². The summed E-state index contributed by atoms with van der Waals surface area (Å²) >= 11 is 3.64. The first kappa shape index (κ1) is 22.5. The molecule has 0 aliphatic rings. The number of rotatable bonds is 7. The molecule has 5 heteroatoms. The van der Waals surface area contributed by atoms with Gasteiger partial charge >= 0.3 is 0 Å². The Labute approximate surface area is 208 Å². The average Bonchev–Trinajstić information content (AvgIpc) is 3.36. The van der Waals surface area contributed by atoms with Crippen molar-refractivity contribution in [1.82, 2.24) is 4.98 Å². The number of carbonyl (C=O) groups is 1. The molecule has 0 bridgehead atoms. The molecule has 0 aliphatic heterocycles. The normalized spacial score (nSPS) is 12.5. The maximum Gasteiger partial charge on any atom is 0.254 e. The summed E-state index contributed by atoms with van der Waals surface area (Å²) in [4.78, 5) is 17.4. The molecule has 3 nitrogen and oxygen atoms in total. The second kappa shape index (κ2) is 9.55. The van der Waals surface area contributed by atoms with Gasteiger partial charge in [0, 0.05) is 27.2 Å². The molecule has 0 amide bonds. The summed E-state index contributed by atoms with van der Waals surface area (Å²) in [5.41, 5.74) is 2.37. The van der Waals surface area contributed by atoms with Gasteiger partial charge in [0.25, 0.3) is 8.32 Å². The Morgan fingerprint density at radius 3 is 1.97 bits per heavy atom. The summed E-state index contributed by atoms with van der Waals surface area (Å²) < 4.78 is 8.00. The monoisotopic (exact) mass is 525 g/mol. The first-order chi connectivity index (χ1) is 16.6. The fraction of sp³-hybridized carbons (Fsp3) is 0.0690. The van der Waals surface area contributed by atoms with Crippen LogP contribution < -0.4 is 10.4 Å². The van der Waals surface area contributed by atoms with Gasteiger partial charge in [0.15, 0.2) is 5.78 Å². The Bertz CT molecular complexity index is 1380. The maximum absolute atomic E-state index is 14.0. The molecule has 34 heavy (non-hydrogen) atoms. The lowest BCUT2D eigenvalue weighted by molar-refractivity contribution is 0.0788. The van der Waals surface area contributed by atoms with Crippen molar-refractivity contribution in [3.05, 3.63) is 131 Å². The van der Waals surface area contributed by atoms with Crippen molar-refractivity contribution in [2.45, 2.75) is 12.7 Å². The minimum atomic E-state index is -2.78. The van der Waals surface area contributed by atoms with Gasteiger partial charge in [0.1, 0.15) is 6.10 Å². The van der Waals surface area contributed by atoms with Gasteiger partial charge in [-0.15, -0.1) is 0 Å². The number of hydrogen-bond donors (Lipinski definition) is 1. The number of halogens is 1. The second-order valence-corrected chi connectivity index (χ2v) is 12.8. The summed E-state index contributed by atoms with van der Waals surface area (Å²) in [7, 11) is -2.78. The maximum atomic E-state index is 14.0. The Kier molecular flexibility index (Phi) is 6.33. The van der Waals surface area contributed by atoms with Crippen molar-refractivity contribution in [1.29, 1.82) is 0 Å². The Hall–Kier alpha value is -3.25.